The number of hydrogen-bond acceptors (Lipinski definition) is 4. The van der Waals surface area contributed by atoms with Crippen molar-refractivity contribution in [3.63, 3.8) is 0 Å². The molecule has 0 saturated carbocycles. The highest BCUT2D eigenvalue weighted by atomic mass is 32.2. The molecule has 8 heteroatoms. The third kappa shape index (κ3) is 2.44. The minimum Gasteiger partial charge on any atom is -0.354 e. The van der Waals surface area contributed by atoms with Crippen molar-refractivity contribution in [2.45, 2.75) is 18.7 Å². The maximum atomic E-state index is 13.2. The molecule has 5 rings (SSSR count). The van der Waals surface area contributed by atoms with Gasteiger partial charge < -0.3 is 9.97 Å². The maximum Gasteiger partial charge on any atom is 0.296 e. The van der Waals surface area contributed by atoms with Gasteiger partial charge in [0.15, 0.2) is 10.9 Å². The molecule has 0 spiro atoms. The smallest absolute Gasteiger partial charge is 0.296 e. The normalized spacial score (nSPS) is 12.4. The van der Waals surface area contributed by atoms with E-state index in [4.69, 9.17) is 0 Å². The van der Waals surface area contributed by atoms with Crippen LogP contribution in [0.2, 0.25) is 0 Å². The zero-order valence-electron chi connectivity index (χ0n) is 16.0. The lowest BCUT2D eigenvalue weighted by molar-refractivity contribution is 0.484. The number of H-pyrrole nitrogens is 2. The van der Waals surface area contributed by atoms with E-state index in [0.29, 0.717) is 38.3 Å². The van der Waals surface area contributed by atoms with Gasteiger partial charge in [0.05, 0.1) is 27.5 Å². The van der Waals surface area contributed by atoms with Crippen molar-refractivity contribution in [3.8, 4) is 0 Å². The van der Waals surface area contributed by atoms with Crippen LogP contribution >= 0.6 is 0 Å². The van der Waals surface area contributed by atoms with E-state index in [9.17, 15) is 22.6 Å². The Balaban J connectivity index is 2.07. The number of hydrogen-bond donors (Lipinski definition) is 3. The van der Waals surface area contributed by atoms with Crippen molar-refractivity contribution in [3.05, 3.63) is 74.0 Å². The monoisotopic (exact) mass is 420 g/mol. The summed E-state index contributed by atoms with van der Waals surface area (Å²) in [5, 5.41) is 1.41. The molecule has 0 fully saturated rings. The summed E-state index contributed by atoms with van der Waals surface area (Å²) in [7, 11) is -4.55. The summed E-state index contributed by atoms with van der Waals surface area (Å²) in [6.07, 6.45) is 0. The van der Waals surface area contributed by atoms with E-state index in [0.717, 1.165) is 5.56 Å². The minimum absolute atomic E-state index is 0.00742. The van der Waals surface area contributed by atoms with Crippen LogP contribution in [-0.4, -0.2) is 22.9 Å². The first kappa shape index (κ1) is 18.5. The fourth-order valence-electron chi connectivity index (χ4n) is 4.18. The Labute approximate surface area is 169 Å². The molecule has 2 aromatic heterocycles. The number of aromatic nitrogens is 2. The molecule has 3 aromatic carbocycles. The molecule has 0 bridgehead atoms. The van der Waals surface area contributed by atoms with Gasteiger partial charge in [-0.05, 0) is 49.2 Å². The quantitative estimate of drug-likeness (QED) is 0.283. The Morgan fingerprint density at radius 3 is 2.17 bits per heavy atom. The Kier molecular flexibility index (Phi) is 3.71. The van der Waals surface area contributed by atoms with Crippen molar-refractivity contribution < 1.29 is 13.0 Å². The van der Waals surface area contributed by atoms with Crippen LogP contribution in [-0.2, 0) is 10.1 Å². The molecule has 7 nitrogen and oxygen atoms in total. The number of benzene rings is 3. The molecular weight excluding hydrogens is 404 g/mol. The number of fused-ring (bicyclic) bond motifs is 4. The van der Waals surface area contributed by atoms with E-state index in [-0.39, 0.29) is 26.7 Å². The van der Waals surface area contributed by atoms with Gasteiger partial charge in [-0.2, -0.15) is 8.42 Å². The first-order valence-electron chi connectivity index (χ1n) is 9.19. The minimum atomic E-state index is -4.55. The largest absolute Gasteiger partial charge is 0.354 e. The van der Waals surface area contributed by atoms with Crippen LogP contribution in [0.4, 0.5) is 0 Å². The molecule has 0 aliphatic carbocycles. The first-order chi connectivity index (χ1) is 14.2. The molecule has 3 N–H and O–H groups in total. The second-order valence-corrected chi connectivity index (χ2v) is 8.80. The third-order valence-corrected chi connectivity index (χ3v) is 6.52. The summed E-state index contributed by atoms with van der Waals surface area (Å²) in [6.45, 7) is 3.61. The summed E-state index contributed by atoms with van der Waals surface area (Å²) >= 11 is 0. The molecule has 2 heterocycles. The Bertz CT molecular complexity index is 1780. The molecule has 0 radical (unpaired) electrons. The first-order valence-corrected chi connectivity index (χ1v) is 10.6. The van der Waals surface area contributed by atoms with Gasteiger partial charge in [-0.15, -0.1) is 0 Å². The number of nitrogens with one attached hydrogen (secondary N) is 2. The second kappa shape index (κ2) is 6.01. The predicted octanol–water partition coefficient (Wildman–Crippen LogP) is 3.54. The topological polar surface area (TPSA) is 120 Å². The van der Waals surface area contributed by atoms with Crippen LogP contribution in [0.3, 0.4) is 0 Å². The van der Waals surface area contributed by atoms with Gasteiger partial charge in [0, 0.05) is 16.2 Å². The van der Waals surface area contributed by atoms with E-state index in [2.05, 4.69) is 9.97 Å². The fourth-order valence-corrected chi connectivity index (χ4v) is 4.85. The molecule has 0 amide bonds. The van der Waals surface area contributed by atoms with Gasteiger partial charge in [-0.3, -0.25) is 14.1 Å². The summed E-state index contributed by atoms with van der Waals surface area (Å²) < 4.78 is 33.2. The van der Waals surface area contributed by atoms with E-state index < -0.39 is 10.1 Å². The summed E-state index contributed by atoms with van der Waals surface area (Å²) in [5.41, 5.74) is 2.47. The van der Waals surface area contributed by atoms with Crippen LogP contribution in [0.1, 0.15) is 11.1 Å². The van der Waals surface area contributed by atoms with Crippen LogP contribution in [0, 0.1) is 13.8 Å². The fraction of sp³-hybridized carbons (Fsp3) is 0.0909. The molecule has 0 atom stereocenters. The van der Waals surface area contributed by atoms with Gasteiger partial charge in [0.2, 0.25) is 0 Å². The van der Waals surface area contributed by atoms with Crippen molar-refractivity contribution in [2.24, 2.45) is 0 Å². The number of aromatic amines is 2. The van der Waals surface area contributed by atoms with Crippen molar-refractivity contribution in [2.75, 3.05) is 0 Å². The number of pyridine rings is 2. The van der Waals surface area contributed by atoms with E-state index in [1.165, 1.54) is 18.2 Å². The predicted molar refractivity (Wildman–Crippen MR) is 117 cm³/mol. The molecule has 0 aliphatic heterocycles. The highest BCUT2D eigenvalue weighted by Gasteiger charge is 2.19. The van der Waals surface area contributed by atoms with Gasteiger partial charge in [0.25, 0.3) is 10.1 Å². The van der Waals surface area contributed by atoms with Gasteiger partial charge >= 0.3 is 0 Å². The van der Waals surface area contributed by atoms with E-state index in [1.807, 2.05) is 19.1 Å². The molecule has 5 aromatic rings. The Morgan fingerprint density at radius 1 is 0.800 bits per heavy atom. The Morgan fingerprint density at radius 2 is 1.47 bits per heavy atom. The van der Waals surface area contributed by atoms with Crippen molar-refractivity contribution in [1.29, 1.82) is 0 Å². The summed E-state index contributed by atoms with van der Waals surface area (Å²) in [6, 6.07) is 11.2. The zero-order chi connectivity index (χ0) is 21.4. The molecule has 0 aliphatic rings. The average Bonchev–Trinajstić information content (AvgIpc) is 2.69. The number of aryl methyl sites for hydroxylation is 2. The second-order valence-electron chi connectivity index (χ2n) is 7.41. The van der Waals surface area contributed by atoms with E-state index in [1.54, 1.807) is 19.1 Å². The van der Waals surface area contributed by atoms with Gasteiger partial charge in [0.1, 0.15) is 4.90 Å². The van der Waals surface area contributed by atoms with Gasteiger partial charge in [-0.25, -0.2) is 0 Å². The Hall–Kier alpha value is -3.49. The van der Waals surface area contributed by atoms with Crippen molar-refractivity contribution >= 4 is 53.7 Å². The number of para-hydroxylation sites is 2. The SMILES string of the molecule is Cc1cccc2c(=O)c3c(C)c4[nH]c5c(S(=O)(=O)O)cccc5c(=O)c4cc3[nH]c12. The third-order valence-electron chi connectivity index (χ3n) is 5.62. The highest BCUT2D eigenvalue weighted by molar-refractivity contribution is 7.86. The summed E-state index contributed by atoms with van der Waals surface area (Å²) in [5.74, 6) is 0. The molecule has 0 saturated heterocycles. The maximum absolute atomic E-state index is 13.2. The molecular formula is C22H16N2O5S. The van der Waals surface area contributed by atoms with Crippen LogP contribution in [0.15, 0.2) is 56.9 Å². The van der Waals surface area contributed by atoms with Crippen LogP contribution < -0.4 is 10.9 Å². The number of rotatable bonds is 1. The molecule has 150 valence electrons. The standard InChI is InChI=1S/C22H16N2O5S/c1-10-5-3-6-12-18(10)23-15-9-14-19(11(2)17(15)22(12)26)24-20-13(21(14)25)7-4-8-16(20)30(27,28)29/h3-9H,1-2H3,(H,23,26)(H,24,25)(H,27,28,29). The van der Waals surface area contributed by atoms with Crippen LogP contribution in [0.5, 0.6) is 0 Å². The van der Waals surface area contributed by atoms with Crippen LogP contribution in [0.25, 0.3) is 43.6 Å². The lowest BCUT2D eigenvalue weighted by Gasteiger charge is -2.12. The average molecular weight is 420 g/mol. The van der Waals surface area contributed by atoms with Gasteiger partial charge in [-0.1, -0.05) is 18.2 Å². The highest BCUT2D eigenvalue weighted by Crippen LogP contribution is 2.28. The molecule has 30 heavy (non-hydrogen) atoms. The lowest BCUT2D eigenvalue weighted by Crippen LogP contribution is -2.12. The lowest BCUT2D eigenvalue weighted by atomic mass is 9.99. The van der Waals surface area contributed by atoms with E-state index >= 15 is 0 Å². The van der Waals surface area contributed by atoms with Crippen molar-refractivity contribution in [1.82, 2.24) is 9.97 Å². The molecule has 0 unspecified atom stereocenters. The summed E-state index contributed by atoms with van der Waals surface area (Å²) in [4.78, 5) is 32.3. The zero-order valence-corrected chi connectivity index (χ0v) is 16.8.